The summed E-state index contributed by atoms with van der Waals surface area (Å²) in [6, 6.07) is 2.50. The van der Waals surface area contributed by atoms with E-state index in [1.807, 2.05) is 4.90 Å². The van der Waals surface area contributed by atoms with Crippen molar-refractivity contribution in [1.29, 1.82) is 0 Å². The van der Waals surface area contributed by atoms with E-state index in [9.17, 15) is 23.2 Å². The van der Waals surface area contributed by atoms with Crippen molar-refractivity contribution < 1.29 is 23.2 Å². The highest BCUT2D eigenvalue weighted by Crippen LogP contribution is 2.12. The minimum Gasteiger partial charge on any atom is -0.338 e. The quantitative estimate of drug-likeness (QED) is 0.828. The fourth-order valence-electron chi connectivity index (χ4n) is 2.49. The van der Waals surface area contributed by atoms with Crippen LogP contribution < -0.4 is 10.6 Å². The molecule has 1 aliphatic rings. The van der Waals surface area contributed by atoms with Gasteiger partial charge >= 0.3 is 6.03 Å². The molecule has 1 aromatic rings. The summed E-state index contributed by atoms with van der Waals surface area (Å²) < 4.78 is 26.2. The number of hydrogen-bond acceptors (Lipinski definition) is 4. The molecule has 1 fully saturated rings. The predicted molar refractivity (Wildman–Crippen MR) is 85.9 cm³/mol. The molecule has 0 atom stereocenters. The van der Waals surface area contributed by atoms with Crippen LogP contribution in [0, 0.1) is 11.6 Å². The van der Waals surface area contributed by atoms with E-state index >= 15 is 0 Å². The van der Waals surface area contributed by atoms with E-state index in [1.54, 1.807) is 6.92 Å². The van der Waals surface area contributed by atoms with E-state index in [2.05, 4.69) is 10.6 Å². The molecule has 0 unspecified atom stereocenters. The number of rotatable bonds is 4. The molecule has 1 aromatic carbocycles. The lowest BCUT2D eigenvalue weighted by Gasteiger charge is -2.34. The van der Waals surface area contributed by atoms with Gasteiger partial charge in [0.25, 0.3) is 5.91 Å². The number of carbonyl (C=O) groups is 3. The summed E-state index contributed by atoms with van der Waals surface area (Å²) in [4.78, 5) is 38.6. The molecule has 1 aliphatic heterocycles. The minimum absolute atomic E-state index is 0.0460. The molecule has 136 valence electrons. The van der Waals surface area contributed by atoms with Gasteiger partial charge in [0.1, 0.15) is 0 Å². The van der Waals surface area contributed by atoms with E-state index in [1.165, 1.54) is 11.0 Å². The Labute approximate surface area is 144 Å². The summed E-state index contributed by atoms with van der Waals surface area (Å²) in [6.07, 6.45) is 0. The van der Waals surface area contributed by atoms with Crippen molar-refractivity contribution in [2.45, 2.75) is 6.92 Å². The maximum atomic E-state index is 13.2. The Bertz CT molecular complexity index is 661. The number of benzene rings is 1. The molecule has 25 heavy (non-hydrogen) atoms. The van der Waals surface area contributed by atoms with Crippen molar-refractivity contribution in [3.8, 4) is 0 Å². The van der Waals surface area contributed by atoms with Crippen LogP contribution >= 0.6 is 0 Å². The van der Waals surface area contributed by atoms with Crippen LogP contribution in [0.5, 0.6) is 0 Å². The summed E-state index contributed by atoms with van der Waals surface area (Å²) in [5, 5.41) is 4.67. The standard InChI is InChI=1S/C16H20F2N4O3/c1-2-19-16(25)20-14(23)10-21-5-7-22(8-6-21)15(24)11-3-4-12(17)13(18)9-11/h3-4,9H,2,5-8,10H2,1H3,(H2,19,20,23,25). The van der Waals surface area contributed by atoms with Gasteiger partial charge in [0, 0.05) is 38.3 Å². The zero-order valence-corrected chi connectivity index (χ0v) is 13.8. The fraction of sp³-hybridized carbons (Fsp3) is 0.438. The largest absolute Gasteiger partial charge is 0.338 e. The Morgan fingerprint density at radius 3 is 2.36 bits per heavy atom. The molecule has 0 spiro atoms. The Hall–Kier alpha value is -2.55. The number of imide groups is 1. The van der Waals surface area contributed by atoms with Gasteiger partial charge in [-0.15, -0.1) is 0 Å². The fourth-order valence-corrected chi connectivity index (χ4v) is 2.49. The molecule has 1 saturated heterocycles. The molecule has 1 heterocycles. The second kappa shape index (κ2) is 8.52. The third kappa shape index (κ3) is 5.21. The first-order chi connectivity index (χ1) is 11.9. The van der Waals surface area contributed by atoms with Crippen LogP contribution in [-0.2, 0) is 4.79 Å². The molecule has 0 saturated carbocycles. The number of nitrogens with zero attached hydrogens (tertiary/aromatic N) is 2. The van der Waals surface area contributed by atoms with Crippen molar-refractivity contribution in [3.05, 3.63) is 35.4 Å². The van der Waals surface area contributed by atoms with Gasteiger partial charge in [0.05, 0.1) is 6.54 Å². The van der Waals surface area contributed by atoms with Crippen molar-refractivity contribution in [1.82, 2.24) is 20.4 Å². The van der Waals surface area contributed by atoms with Gasteiger partial charge in [0.2, 0.25) is 5.91 Å². The lowest BCUT2D eigenvalue weighted by atomic mass is 10.1. The van der Waals surface area contributed by atoms with Crippen LogP contribution in [-0.4, -0.2) is 66.9 Å². The number of piperazine rings is 1. The topological polar surface area (TPSA) is 81.8 Å². The molecule has 0 bridgehead atoms. The Morgan fingerprint density at radius 1 is 1.08 bits per heavy atom. The predicted octanol–water partition coefficient (Wildman–Crippen LogP) is 0.568. The number of amides is 4. The zero-order valence-electron chi connectivity index (χ0n) is 13.8. The zero-order chi connectivity index (χ0) is 18.4. The molecule has 7 nitrogen and oxygen atoms in total. The smallest absolute Gasteiger partial charge is 0.321 e. The van der Waals surface area contributed by atoms with Crippen molar-refractivity contribution >= 4 is 17.8 Å². The lowest BCUT2D eigenvalue weighted by molar-refractivity contribution is -0.121. The molecular formula is C16H20F2N4O3. The Balaban J connectivity index is 1.82. The highest BCUT2D eigenvalue weighted by Gasteiger charge is 2.24. The monoisotopic (exact) mass is 354 g/mol. The maximum absolute atomic E-state index is 13.2. The highest BCUT2D eigenvalue weighted by molar-refractivity contribution is 5.95. The number of halogens is 2. The van der Waals surface area contributed by atoms with Crippen molar-refractivity contribution in [2.24, 2.45) is 0 Å². The number of carbonyl (C=O) groups excluding carboxylic acids is 3. The molecule has 0 radical (unpaired) electrons. The van der Waals surface area contributed by atoms with Gasteiger partial charge in [-0.25, -0.2) is 13.6 Å². The lowest BCUT2D eigenvalue weighted by Crippen LogP contribution is -2.52. The van der Waals surface area contributed by atoms with Crippen molar-refractivity contribution in [3.63, 3.8) is 0 Å². The van der Waals surface area contributed by atoms with Gasteiger partial charge in [-0.05, 0) is 25.1 Å². The van der Waals surface area contributed by atoms with Gasteiger partial charge in [0.15, 0.2) is 11.6 Å². The van der Waals surface area contributed by atoms with E-state index < -0.39 is 23.6 Å². The minimum atomic E-state index is -1.06. The molecule has 4 amide bonds. The Morgan fingerprint density at radius 2 is 1.76 bits per heavy atom. The Kier molecular flexibility index (Phi) is 6.40. The highest BCUT2D eigenvalue weighted by atomic mass is 19.2. The van der Waals surface area contributed by atoms with Crippen LogP contribution in [0.1, 0.15) is 17.3 Å². The first-order valence-corrected chi connectivity index (χ1v) is 7.95. The van der Waals surface area contributed by atoms with Gasteiger partial charge in [-0.3, -0.25) is 19.8 Å². The van der Waals surface area contributed by atoms with E-state index in [0.717, 1.165) is 12.1 Å². The number of hydrogen-bond donors (Lipinski definition) is 2. The van der Waals surface area contributed by atoms with Crippen LogP contribution in [0.3, 0.4) is 0 Å². The average Bonchev–Trinajstić information content (AvgIpc) is 2.57. The van der Waals surface area contributed by atoms with Crippen LogP contribution in [0.15, 0.2) is 18.2 Å². The summed E-state index contributed by atoms with van der Waals surface area (Å²) in [5.74, 6) is -2.87. The third-order valence-electron chi connectivity index (χ3n) is 3.78. The third-order valence-corrected chi connectivity index (χ3v) is 3.78. The van der Waals surface area contributed by atoms with Crippen LogP contribution in [0.2, 0.25) is 0 Å². The molecule has 2 rings (SSSR count). The number of urea groups is 1. The molecule has 0 aromatic heterocycles. The van der Waals surface area contributed by atoms with Crippen LogP contribution in [0.4, 0.5) is 13.6 Å². The SMILES string of the molecule is CCNC(=O)NC(=O)CN1CCN(C(=O)c2ccc(F)c(F)c2)CC1. The second-order valence-electron chi connectivity index (χ2n) is 5.60. The van der Waals surface area contributed by atoms with Crippen LogP contribution in [0.25, 0.3) is 0 Å². The van der Waals surface area contributed by atoms with E-state index in [0.29, 0.717) is 32.7 Å². The first kappa shape index (κ1) is 18.8. The molecule has 0 aliphatic carbocycles. The van der Waals surface area contributed by atoms with Crippen molar-refractivity contribution in [2.75, 3.05) is 39.3 Å². The van der Waals surface area contributed by atoms with Gasteiger partial charge in [-0.2, -0.15) is 0 Å². The summed E-state index contributed by atoms with van der Waals surface area (Å²) in [7, 11) is 0. The summed E-state index contributed by atoms with van der Waals surface area (Å²) in [5.41, 5.74) is 0.0846. The normalized spacial score (nSPS) is 14.9. The first-order valence-electron chi connectivity index (χ1n) is 7.95. The van der Waals surface area contributed by atoms with Gasteiger partial charge < -0.3 is 10.2 Å². The molecule has 2 N–H and O–H groups in total. The van der Waals surface area contributed by atoms with E-state index in [-0.39, 0.29) is 18.0 Å². The average molecular weight is 354 g/mol. The maximum Gasteiger partial charge on any atom is 0.321 e. The van der Waals surface area contributed by atoms with E-state index in [4.69, 9.17) is 0 Å². The summed E-state index contributed by atoms with van der Waals surface area (Å²) >= 11 is 0. The molecular weight excluding hydrogens is 334 g/mol. The summed E-state index contributed by atoms with van der Waals surface area (Å²) in [6.45, 7) is 3.80. The van der Waals surface area contributed by atoms with Gasteiger partial charge in [-0.1, -0.05) is 0 Å². The second-order valence-corrected chi connectivity index (χ2v) is 5.60. The molecule has 9 heteroatoms. The number of nitrogens with one attached hydrogen (secondary N) is 2.